The maximum atomic E-state index is 13.0. The van der Waals surface area contributed by atoms with Crippen LogP contribution in [0, 0.1) is 5.92 Å². The largest absolute Gasteiger partial charge is 0.477 e. The summed E-state index contributed by atoms with van der Waals surface area (Å²) >= 11 is 0. The lowest BCUT2D eigenvalue weighted by Gasteiger charge is -2.17. The molecule has 0 aromatic carbocycles. The quantitative estimate of drug-likeness (QED) is 0.856. The van der Waals surface area contributed by atoms with Crippen LogP contribution in [0.5, 0.6) is 5.88 Å². The Morgan fingerprint density at radius 3 is 2.85 bits per heavy atom. The van der Waals surface area contributed by atoms with E-state index in [9.17, 15) is 9.59 Å². The second-order valence-corrected chi connectivity index (χ2v) is 6.27. The van der Waals surface area contributed by atoms with Crippen molar-refractivity contribution in [2.45, 2.75) is 12.8 Å². The Balaban J connectivity index is 1.87. The van der Waals surface area contributed by atoms with E-state index in [0.717, 1.165) is 5.56 Å². The molecular weight excluding hydrogens is 334 g/mol. The number of pyridine rings is 1. The van der Waals surface area contributed by atoms with Crippen LogP contribution in [0.1, 0.15) is 28.8 Å². The Morgan fingerprint density at radius 1 is 1.38 bits per heavy atom. The van der Waals surface area contributed by atoms with Gasteiger partial charge in [0.05, 0.1) is 18.7 Å². The predicted molar refractivity (Wildman–Crippen MR) is 94.8 cm³/mol. The molecule has 0 radical (unpaired) electrons. The number of carbonyl (C=O) groups is 2. The molecule has 3 rings (SSSR count). The van der Waals surface area contributed by atoms with Gasteiger partial charge in [0.25, 0.3) is 5.91 Å². The van der Waals surface area contributed by atoms with Gasteiger partial charge in [0.1, 0.15) is 5.56 Å². The number of ether oxygens (including phenoxy) is 1. The molecule has 2 aromatic rings. The molecule has 1 fully saturated rings. The van der Waals surface area contributed by atoms with Crippen molar-refractivity contribution in [1.82, 2.24) is 25.0 Å². The zero-order valence-corrected chi connectivity index (χ0v) is 15.2. The zero-order chi connectivity index (χ0) is 18.7. The summed E-state index contributed by atoms with van der Waals surface area (Å²) in [6.45, 7) is 3.07. The molecular formula is C18H23N5O3. The Labute approximate surface area is 152 Å². The Hall–Kier alpha value is -2.90. The lowest BCUT2D eigenvalue weighted by molar-refractivity contribution is -0.124. The molecule has 0 saturated carbocycles. The van der Waals surface area contributed by atoms with Crippen molar-refractivity contribution < 1.29 is 14.3 Å². The summed E-state index contributed by atoms with van der Waals surface area (Å²) in [5.74, 6) is -0.353. The molecule has 8 heteroatoms. The third-order valence-electron chi connectivity index (χ3n) is 4.63. The van der Waals surface area contributed by atoms with Gasteiger partial charge in [0.2, 0.25) is 11.8 Å². The van der Waals surface area contributed by atoms with Crippen LogP contribution in [0.25, 0.3) is 0 Å². The van der Waals surface area contributed by atoms with Crippen molar-refractivity contribution in [2.75, 3.05) is 26.7 Å². The van der Waals surface area contributed by atoms with Crippen molar-refractivity contribution in [3.63, 3.8) is 0 Å². The van der Waals surface area contributed by atoms with E-state index in [0.29, 0.717) is 31.1 Å². The monoisotopic (exact) mass is 357 g/mol. The fourth-order valence-corrected chi connectivity index (χ4v) is 3.37. The van der Waals surface area contributed by atoms with Crippen LogP contribution in [0.4, 0.5) is 0 Å². The molecule has 1 aliphatic rings. The number of rotatable bonds is 5. The fourth-order valence-electron chi connectivity index (χ4n) is 3.37. The topological polar surface area (TPSA) is 89.3 Å². The number of aromatic nitrogens is 3. The Bertz CT molecular complexity index is 804. The third kappa shape index (κ3) is 3.40. The number of hydrogen-bond acceptors (Lipinski definition) is 5. The minimum Gasteiger partial charge on any atom is -0.477 e. The molecule has 2 aromatic heterocycles. The molecule has 138 valence electrons. The lowest BCUT2D eigenvalue weighted by Crippen LogP contribution is -2.33. The summed E-state index contributed by atoms with van der Waals surface area (Å²) in [6.07, 6.45) is 5.24. The summed E-state index contributed by atoms with van der Waals surface area (Å²) in [5.41, 5.74) is 1.37. The van der Waals surface area contributed by atoms with E-state index in [1.807, 2.05) is 20.2 Å². The molecule has 0 bridgehead atoms. The fraction of sp³-hybridized carbons (Fsp3) is 0.444. The van der Waals surface area contributed by atoms with Gasteiger partial charge >= 0.3 is 0 Å². The van der Waals surface area contributed by atoms with Crippen molar-refractivity contribution in [1.29, 1.82) is 0 Å². The van der Waals surface area contributed by atoms with Gasteiger partial charge in [-0.25, -0.2) is 4.98 Å². The minimum atomic E-state index is -0.319. The van der Waals surface area contributed by atoms with Gasteiger partial charge in [0, 0.05) is 45.5 Å². The van der Waals surface area contributed by atoms with Gasteiger partial charge in [-0.1, -0.05) is 0 Å². The van der Waals surface area contributed by atoms with Crippen LogP contribution in [-0.4, -0.2) is 58.2 Å². The SMILES string of the molecule is CCOc1ncccc1C(=O)N1C[C@H](C(=O)NC)[C@@H](c2cnn(C)c2)C1. The number of aryl methyl sites for hydroxylation is 1. The van der Waals surface area contributed by atoms with Gasteiger partial charge < -0.3 is 15.0 Å². The van der Waals surface area contributed by atoms with Crippen LogP contribution in [0.3, 0.4) is 0 Å². The summed E-state index contributed by atoms with van der Waals surface area (Å²) in [7, 11) is 3.45. The van der Waals surface area contributed by atoms with E-state index in [2.05, 4.69) is 15.4 Å². The average Bonchev–Trinajstić information content (AvgIpc) is 3.27. The molecule has 2 atom stereocenters. The molecule has 0 unspecified atom stereocenters. The summed E-state index contributed by atoms with van der Waals surface area (Å²) in [5, 5.41) is 6.90. The van der Waals surface area contributed by atoms with Gasteiger partial charge in [-0.3, -0.25) is 14.3 Å². The Morgan fingerprint density at radius 2 is 2.19 bits per heavy atom. The van der Waals surface area contributed by atoms with Gasteiger partial charge in [-0.15, -0.1) is 0 Å². The molecule has 3 heterocycles. The van der Waals surface area contributed by atoms with Crippen molar-refractivity contribution >= 4 is 11.8 Å². The smallest absolute Gasteiger partial charge is 0.259 e. The standard InChI is InChI=1S/C18H23N5O3/c1-4-26-17-13(6-5-7-20-17)18(25)23-10-14(12-8-21-22(3)9-12)15(11-23)16(24)19-2/h5-9,14-15H,4,10-11H2,1-3H3,(H,19,24)/t14-,15+/m1/s1. The van der Waals surface area contributed by atoms with E-state index >= 15 is 0 Å². The second-order valence-electron chi connectivity index (χ2n) is 6.27. The number of nitrogens with zero attached hydrogens (tertiary/aromatic N) is 4. The molecule has 1 N–H and O–H groups in total. The molecule has 0 aliphatic carbocycles. The molecule has 1 aliphatic heterocycles. The van der Waals surface area contributed by atoms with Crippen molar-refractivity contribution in [3.8, 4) is 5.88 Å². The normalized spacial score (nSPS) is 19.4. The number of nitrogens with one attached hydrogen (secondary N) is 1. The highest BCUT2D eigenvalue weighted by Crippen LogP contribution is 2.34. The second kappa shape index (κ2) is 7.55. The van der Waals surface area contributed by atoms with Crippen LogP contribution in [-0.2, 0) is 11.8 Å². The Kier molecular flexibility index (Phi) is 5.20. The molecule has 0 spiro atoms. The van der Waals surface area contributed by atoms with Crippen LogP contribution >= 0.6 is 0 Å². The predicted octanol–water partition coefficient (Wildman–Crippen LogP) is 0.816. The summed E-state index contributed by atoms with van der Waals surface area (Å²) < 4.78 is 7.18. The first kappa shape index (κ1) is 17.9. The lowest BCUT2D eigenvalue weighted by atomic mass is 9.90. The maximum Gasteiger partial charge on any atom is 0.259 e. The number of carbonyl (C=O) groups excluding carboxylic acids is 2. The summed E-state index contributed by atoms with van der Waals surface area (Å²) in [6, 6.07) is 3.41. The van der Waals surface area contributed by atoms with Crippen LogP contribution < -0.4 is 10.1 Å². The summed E-state index contributed by atoms with van der Waals surface area (Å²) in [4.78, 5) is 31.2. The number of likely N-dealkylation sites (tertiary alicyclic amines) is 1. The molecule has 26 heavy (non-hydrogen) atoms. The van der Waals surface area contributed by atoms with Gasteiger partial charge in [0.15, 0.2) is 0 Å². The molecule has 2 amide bonds. The average molecular weight is 357 g/mol. The highest BCUT2D eigenvalue weighted by molar-refractivity contribution is 5.97. The first-order chi connectivity index (χ1) is 12.5. The van der Waals surface area contributed by atoms with Gasteiger partial charge in [-0.2, -0.15) is 5.10 Å². The van der Waals surface area contributed by atoms with E-state index < -0.39 is 0 Å². The first-order valence-electron chi connectivity index (χ1n) is 8.62. The molecule has 1 saturated heterocycles. The van der Waals surface area contributed by atoms with E-state index in [1.54, 1.807) is 41.2 Å². The zero-order valence-electron chi connectivity index (χ0n) is 15.2. The minimum absolute atomic E-state index is 0.0784. The highest BCUT2D eigenvalue weighted by atomic mass is 16.5. The maximum absolute atomic E-state index is 13.0. The van der Waals surface area contributed by atoms with E-state index in [-0.39, 0.29) is 23.7 Å². The van der Waals surface area contributed by atoms with E-state index in [1.165, 1.54) is 0 Å². The van der Waals surface area contributed by atoms with Crippen molar-refractivity contribution in [3.05, 3.63) is 41.9 Å². The van der Waals surface area contributed by atoms with Gasteiger partial charge in [-0.05, 0) is 24.6 Å². The van der Waals surface area contributed by atoms with Crippen molar-refractivity contribution in [2.24, 2.45) is 13.0 Å². The van der Waals surface area contributed by atoms with Crippen LogP contribution in [0.2, 0.25) is 0 Å². The van der Waals surface area contributed by atoms with E-state index in [4.69, 9.17) is 4.74 Å². The van der Waals surface area contributed by atoms with Crippen LogP contribution in [0.15, 0.2) is 30.7 Å². The first-order valence-corrected chi connectivity index (χ1v) is 8.62. The number of hydrogen-bond donors (Lipinski definition) is 1. The number of amides is 2. The molecule has 8 nitrogen and oxygen atoms in total. The highest BCUT2D eigenvalue weighted by Gasteiger charge is 2.41. The third-order valence-corrected chi connectivity index (χ3v) is 4.63.